The Morgan fingerprint density at radius 2 is 1.63 bits per heavy atom. The Labute approximate surface area is 157 Å². The molecule has 0 aromatic heterocycles. The van der Waals surface area contributed by atoms with Gasteiger partial charge in [0, 0.05) is 19.1 Å². The first kappa shape index (κ1) is 20.6. The fourth-order valence-electron chi connectivity index (χ4n) is 3.77. The first-order chi connectivity index (χ1) is 12.5. The van der Waals surface area contributed by atoms with Crippen molar-refractivity contribution in [3.63, 3.8) is 0 Å². The van der Waals surface area contributed by atoms with E-state index in [2.05, 4.69) is 4.90 Å². The summed E-state index contributed by atoms with van der Waals surface area (Å²) < 4.78 is 65.9. The molecule has 2 heterocycles. The van der Waals surface area contributed by atoms with Crippen LogP contribution in [0.15, 0.2) is 29.2 Å². The lowest BCUT2D eigenvalue weighted by molar-refractivity contribution is -0.258. The number of rotatable bonds is 4. The summed E-state index contributed by atoms with van der Waals surface area (Å²) in [7, 11) is -3.76. The molecule has 2 aliphatic rings. The van der Waals surface area contributed by atoms with Gasteiger partial charge in [-0.2, -0.15) is 17.5 Å². The molecule has 9 heteroatoms. The summed E-state index contributed by atoms with van der Waals surface area (Å²) in [6.07, 6.45) is -0.614. The van der Waals surface area contributed by atoms with E-state index in [1.807, 2.05) is 0 Å². The van der Waals surface area contributed by atoms with Gasteiger partial charge < -0.3 is 5.11 Å². The van der Waals surface area contributed by atoms with Gasteiger partial charge in [0.1, 0.15) is 0 Å². The van der Waals surface area contributed by atoms with E-state index in [-0.39, 0.29) is 16.5 Å². The van der Waals surface area contributed by atoms with Crippen LogP contribution in [-0.2, 0) is 15.6 Å². The van der Waals surface area contributed by atoms with Crippen LogP contribution in [-0.4, -0.2) is 61.1 Å². The number of piperidine rings is 1. The summed E-state index contributed by atoms with van der Waals surface area (Å²) >= 11 is 0. The van der Waals surface area contributed by atoms with E-state index in [1.165, 1.54) is 10.7 Å². The van der Waals surface area contributed by atoms with E-state index < -0.39 is 21.8 Å². The molecule has 2 atom stereocenters. The van der Waals surface area contributed by atoms with Gasteiger partial charge in [0.15, 0.2) is 5.60 Å². The second-order valence-corrected chi connectivity index (χ2v) is 9.43. The average molecular weight is 406 g/mol. The third-order valence-corrected chi connectivity index (χ3v) is 7.52. The maximum absolute atomic E-state index is 12.9. The number of alkyl halides is 3. The highest BCUT2D eigenvalue weighted by molar-refractivity contribution is 7.89. The van der Waals surface area contributed by atoms with Crippen molar-refractivity contribution >= 4 is 10.0 Å². The fraction of sp³-hybridized carbons (Fsp3) is 0.667. The first-order valence-electron chi connectivity index (χ1n) is 9.17. The van der Waals surface area contributed by atoms with Gasteiger partial charge in [-0.3, -0.25) is 4.90 Å². The molecule has 0 spiro atoms. The molecular weight excluding hydrogens is 381 g/mol. The maximum atomic E-state index is 12.9. The normalized spacial score (nSPS) is 25.4. The lowest BCUT2D eigenvalue weighted by Gasteiger charge is -2.32. The van der Waals surface area contributed by atoms with Crippen molar-refractivity contribution < 1.29 is 26.7 Å². The first-order valence-corrected chi connectivity index (χ1v) is 10.6. The highest BCUT2D eigenvalue weighted by Gasteiger charge is 2.51. The average Bonchev–Trinajstić information content (AvgIpc) is 3.12. The molecule has 27 heavy (non-hydrogen) atoms. The van der Waals surface area contributed by atoms with Crippen LogP contribution in [0.3, 0.4) is 0 Å². The highest BCUT2D eigenvalue weighted by Crippen LogP contribution is 2.38. The summed E-state index contributed by atoms with van der Waals surface area (Å²) in [5.41, 5.74) is -3.41. The lowest BCUT2D eigenvalue weighted by Crippen LogP contribution is -2.41. The maximum Gasteiger partial charge on any atom is 0.421 e. The summed E-state index contributed by atoms with van der Waals surface area (Å²) in [5, 5.41) is 9.72. The number of nitrogens with zero attached hydrogens (tertiary/aromatic N) is 2. The molecule has 0 aliphatic carbocycles. The zero-order valence-electron chi connectivity index (χ0n) is 15.2. The highest BCUT2D eigenvalue weighted by atomic mass is 32.2. The third-order valence-electron chi connectivity index (χ3n) is 5.64. The van der Waals surface area contributed by atoms with E-state index >= 15 is 0 Å². The molecule has 0 radical (unpaired) electrons. The van der Waals surface area contributed by atoms with Crippen LogP contribution in [0, 0.1) is 0 Å². The van der Waals surface area contributed by atoms with Crippen molar-refractivity contribution in [3.05, 3.63) is 29.8 Å². The lowest BCUT2D eigenvalue weighted by atomic mass is 9.96. The second-order valence-electron chi connectivity index (χ2n) is 7.50. The number of hydrogen-bond acceptors (Lipinski definition) is 4. The van der Waals surface area contributed by atoms with Crippen LogP contribution in [0.4, 0.5) is 13.2 Å². The molecule has 5 nitrogen and oxygen atoms in total. The Kier molecular flexibility index (Phi) is 5.60. The standard InChI is InChI=1S/C18H25F3N2O3S/c1-17(24,18(19,20)21)14-5-7-16(8-6-14)27(25,26)23-12-9-15(13-23)22-10-3-2-4-11-22/h5-8,15,24H,2-4,9-13H2,1H3/t15-,17?/m1/s1. The summed E-state index contributed by atoms with van der Waals surface area (Å²) in [5.74, 6) is 0. The summed E-state index contributed by atoms with van der Waals surface area (Å²) in [6.45, 7) is 3.44. The molecule has 3 rings (SSSR count). The minimum atomic E-state index is -4.84. The van der Waals surface area contributed by atoms with Gasteiger partial charge in [0.05, 0.1) is 4.90 Å². The van der Waals surface area contributed by atoms with Gasteiger partial charge in [0.25, 0.3) is 0 Å². The molecule has 1 unspecified atom stereocenters. The van der Waals surface area contributed by atoms with E-state index in [9.17, 15) is 26.7 Å². The smallest absolute Gasteiger partial charge is 0.376 e. The fourth-order valence-corrected chi connectivity index (χ4v) is 5.27. The van der Waals surface area contributed by atoms with Crippen molar-refractivity contribution in [3.8, 4) is 0 Å². The van der Waals surface area contributed by atoms with Crippen LogP contribution in [0.25, 0.3) is 0 Å². The van der Waals surface area contributed by atoms with E-state index in [4.69, 9.17) is 0 Å². The zero-order chi connectivity index (χ0) is 19.9. The summed E-state index contributed by atoms with van der Waals surface area (Å²) in [6, 6.07) is 4.53. The molecular formula is C18H25F3N2O3S. The molecule has 1 aromatic rings. The SMILES string of the molecule is CC(O)(c1ccc(S(=O)(=O)N2CC[C@@H](N3CCCCC3)C2)cc1)C(F)(F)F. The van der Waals surface area contributed by atoms with Crippen molar-refractivity contribution in [2.24, 2.45) is 0 Å². The minimum absolute atomic E-state index is 0.0523. The number of sulfonamides is 1. The van der Waals surface area contributed by atoms with Gasteiger partial charge >= 0.3 is 6.18 Å². The molecule has 2 aliphatic heterocycles. The molecule has 0 saturated carbocycles. The van der Waals surface area contributed by atoms with E-state index in [0.717, 1.165) is 56.6 Å². The Hall–Kier alpha value is -1.16. The van der Waals surface area contributed by atoms with E-state index in [1.54, 1.807) is 0 Å². The van der Waals surface area contributed by atoms with Crippen molar-refractivity contribution in [1.29, 1.82) is 0 Å². The quantitative estimate of drug-likeness (QED) is 0.835. The van der Waals surface area contributed by atoms with Gasteiger partial charge in [-0.05, 0) is 57.0 Å². The van der Waals surface area contributed by atoms with Gasteiger partial charge in [-0.25, -0.2) is 8.42 Å². The predicted octanol–water partition coefficient (Wildman–Crippen LogP) is 2.71. The summed E-state index contributed by atoms with van der Waals surface area (Å²) in [4.78, 5) is 2.28. The van der Waals surface area contributed by atoms with Crippen LogP contribution in [0.5, 0.6) is 0 Å². The Morgan fingerprint density at radius 3 is 2.19 bits per heavy atom. The van der Waals surface area contributed by atoms with Crippen LogP contribution in [0.1, 0.15) is 38.2 Å². The van der Waals surface area contributed by atoms with Crippen molar-refractivity contribution in [1.82, 2.24) is 9.21 Å². The van der Waals surface area contributed by atoms with Crippen LogP contribution >= 0.6 is 0 Å². The van der Waals surface area contributed by atoms with Crippen molar-refractivity contribution in [2.45, 2.75) is 55.3 Å². The monoisotopic (exact) mass is 406 g/mol. The Bertz CT molecular complexity index is 757. The minimum Gasteiger partial charge on any atom is -0.376 e. The van der Waals surface area contributed by atoms with Gasteiger partial charge in [-0.1, -0.05) is 18.6 Å². The largest absolute Gasteiger partial charge is 0.421 e. The van der Waals surface area contributed by atoms with Crippen molar-refractivity contribution in [2.75, 3.05) is 26.2 Å². The van der Waals surface area contributed by atoms with Crippen LogP contribution < -0.4 is 0 Å². The topological polar surface area (TPSA) is 60.9 Å². The molecule has 152 valence electrons. The predicted molar refractivity (Wildman–Crippen MR) is 94.7 cm³/mol. The number of likely N-dealkylation sites (tertiary alicyclic amines) is 1. The zero-order valence-corrected chi connectivity index (χ0v) is 16.1. The molecule has 1 aromatic carbocycles. The molecule has 1 N–H and O–H groups in total. The molecule has 2 saturated heterocycles. The number of benzene rings is 1. The molecule has 2 fully saturated rings. The second kappa shape index (κ2) is 7.35. The Morgan fingerprint density at radius 1 is 1.04 bits per heavy atom. The molecule has 0 amide bonds. The Balaban J connectivity index is 1.74. The molecule has 0 bridgehead atoms. The van der Waals surface area contributed by atoms with Gasteiger partial charge in [-0.15, -0.1) is 0 Å². The number of halogens is 3. The number of hydrogen-bond donors (Lipinski definition) is 1. The van der Waals surface area contributed by atoms with Gasteiger partial charge in [0.2, 0.25) is 10.0 Å². The third kappa shape index (κ3) is 4.01. The van der Waals surface area contributed by atoms with E-state index in [0.29, 0.717) is 20.0 Å². The van der Waals surface area contributed by atoms with Crippen LogP contribution in [0.2, 0.25) is 0 Å². The number of aliphatic hydroxyl groups is 1.